The standard InChI is InChI=1S/C35H42Cl2FN3O4/c1-33(2,3)45-32(42)41-27-17-15-26(16-18-27)40-22-28(24-11-7-5-8-12-24)35(44-20-19-43-4)29(36)21-34(37,23-39)30(31(35)38)25-13-9-6-10-14-25/h5-14,21,26-28,40H,15-20,22H2,1-4H3,(H,41,42). The van der Waals surface area contributed by atoms with E-state index in [0.717, 1.165) is 31.2 Å². The fraction of sp³-hybridized carbons (Fsp3) is 0.486. The van der Waals surface area contributed by atoms with Crippen LogP contribution in [0.25, 0.3) is 5.57 Å². The van der Waals surface area contributed by atoms with Gasteiger partial charge >= 0.3 is 6.09 Å². The number of alkyl carbamates (subject to hydrolysis) is 1. The molecule has 1 amide bonds. The number of hydrogen-bond donors (Lipinski definition) is 2. The summed E-state index contributed by atoms with van der Waals surface area (Å²) in [6.45, 7) is 6.07. The Bertz CT molecular complexity index is 1400. The van der Waals surface area contributed by atoms with Crippen LogP contribution in [0.2, 0.25) is 0 Å². The minimum atomic E-state index is -1.84. The summed E-state index contributed by atoms with van der Waals surface area (Å²) in [5.74, 6) is -1.36. The van der Waals surface area contributed by atoms with Gasteiger partial charge < -0.3 is 24.8 Å². The zero-order chi connectivity index (χ0) is 32.7. The molecule has 0 heterocycles. The number of rotatable bonds is 11. The van der Waals surface area contributed by atoms with Crippen molar-refractivity contribution in [2.45, 2.75) is 80.5 Å². The number of allylic oxidation sites excluding steroid dienone is 2. The summed E-state index contributed by atoms with van der Waals surface area (Å²) in [6, 6.07) is 20.5. The van der Waals surface area contributed by atoms with Gasteiger partial charge in [0.25, 0.3) is 0 Å². The highest BCUT2D eigenvalue weighted by Gasteiger charge is 2.55. The van der Waals surface area contributed by atoms with Crippen molar-refractivity contribution in [3.8, 4) is 6.07 Å². The lowest BCUT2D eigenvalue weighted by Crippen LogP contribution is -2.51. The first kappa shape index (κ1) is 34.9. The predicted molar refractivity (Wildman–Crippen MR) is 176 cm³/mol. The van der Waals surface area contributed by atoms with E-state index in [1.54, 1.807) is 31.4 Å². The molecule has 3 unspecified atom stereocenters. The van der Waals surface area contributed by atoms with E-state index in [9.17, 15) is 10.1 Å². The molecule has 0 spiro atoms. The summed E-state index contributed by atoms with van der Waals surface area (Å²) in [5, 5.41) is 16.8. The third-order valence-electron chi connectivity index (χ3n) is 8.18. The summed E-state index contributed by atoms with van der Waals surface area (Å²) in [7, 11) is 1.54. The molecule has 45 heavy (non-hydrogen) atoms. The van der Waals surface area contributed by atoms with E-state index in [4.69, 9.17) is 37.4 Å². The van der Waals surface area contributed by atoms with E-state index in [0.29, 0.717) is 12.1 Å². The normalized spacial score (nSPS) is 26.0. The van der Waals surface area contributed by atoms with Gasteiger partial charge in [0.1, 0.15) is 11.4 Å². The second kappa shape index (κ2) is 15.1. The molecule has 2 aromatic carbocycles. The lowest BCUT2D eigenvalue weighted by Gasteiger charge is -2.45. The predicted octanol–water partition coefficient (Wildman–Crippen LogP) is 7.62. The molecule has 0 aliphatic heterocycles. The van der Waals surface area contributed by atoms with Gasteiger partial charge in [0, 0.05) is 37.2 Å². The lowest BCUT2D eigenvalue weighted by molar-refractivity contribution is -0.0409. The van der Waals surface area contributed by atoms with Crippen LogP contribution in [-0.2, 0) is 14.2 Å². The maximum atomic E-state index is 17.5. The number of nitrogens with one attached hydrogen (secondary N) is 2. The molecule has 0 radical (unpaired) electrons. The second-order valence-electron chi connectivity index (χ2n) is 12.5. The van der Waals surface area contributed by atoms with Crippen molar-refractivity contribution in [3.05, 3.63) is 88.7 Å². The van der Waals surface area contributed by atoms with Gasteiger partial charge in [0.2, 0.25) is 0 Å². The largest absolute Gasteiger partial charge is 0.444 e. The van der Waals surface area contributed by atoms with E-state index < -0.39 is 33.9 Å². The SMILES string of the molecule is COCCOC1(C(CNC2CCC(NC(=O)OC(C)(C)C)CC2)c2ccccc2)C(Cl)=CC(Cl)(C#N)C(c2ccccc2)=C1F. The monoisotopic (exact) mass is 657 g/mol. The minimum Gasteiger partial charge on any atom is -0.444 e. The zero-order valence-electron chi connectivity index (χ0n) is 26.2. The fourth-order valence-electron chi connectivity index (χ4n) is 6.05. The number of halogens is 3. The molecular weight excluding hydrogens is 616 g/mol. The summed E-state index contributed by atoms with van der Waals surface area (Å²) in [5.41, 5.74) is -1.09. The number of hydrogen-bond acceptors (Lipinski definition) is 6. The molecule has 1 fully saturated rings. The second-order valence-corrected chi connectivity index (χ2v) is 13.5. The molecule has 4 rings (SSSR count). The third kappa shape index (κ3) is 8.27. The van der Waals surface area contributed by atoms with Crippen LogP contribution in [-0.4, -0.2) is 61.1 Å². The highest BCUT2D eigenvalue weighted by atomic mass is 35.5. The molecule has 1 saturated carbocycles. The minimum absolute atomic E-state index is 0.00346. The molecular formula is C35H42Cl2FN3O4. The molecule has 7 nitrogen and oxygen atoms in total. The first-order chi connectivity index (χ1) is 21.4. The molecule has 10 heteroatoms. The van der Waals surface area contributed by atoms with Crippen LogP contribution in [0, 0.1) is 11.3 Å². The van der Waals surface area contributed by atoms with Crippen LogP contribution in [0.15, 0.2) is 77.6 Å². The van der Waals surface area contributed by atoms with Crippen molar-refractivity contribution < 1.29 is 23.4 Å². The maximum absolute atomic E-state index is 17.5. The summed E-state index contributed by atoms with van der Waals surface area (Å²) < 4.78 is 34.6. The summed E-state index contributed by atoms with van der Waals surface area (Å²) >= 11 is 13.8. The molecule has 2 aliphatic rings. The lowest BCUT2D eigenvalue weighted by atomic mass is 9.72. The molecule has 0 saturated heterocycles. The van der Waals surface area contributed by atoms with Crippen molar-refractivity contribution in [1.82, 2.24) is 10.6 Å². The molecule has 2 aromatic rings. The van der Waals surface area contributed by atoms with Gasteiger partial charge in [-0.3, -0.25) is 0 Å². The first-order valence-electron chi connectivity index (χ1n) is 15.3. The average molecular weight is 659 g/mol. The molecule has 2 aliphatic carbocycles. The number of carbonyl (C=O) groups excluding carboxylic acids is 1. The van der Waals surface area contributed by atoms with Crippen LogP contribution < -0.4 is 10.6 Å². The van der Waals surface area contributed by atoms with Gasteiger partial charge in [-0.25, -0.2) is 9.18 Å². The molecule has 242 valence electrons. The van der Waals surface area contributed by atoms with Crippen LogP contribution >= 0.6 is 23.2 Å². The maximum Gasteiger partial charge on any atom is 0.407 e. The molecule has 0 bridgehead atoms. The fourth-order valence-corrected chi connectivity index (χ4v) is 6.84. The Morgan fingerprint density at radius 3 is 2.22 bits per heavy atom. The van der Waals surface area contributed by atoms with Crippen molar-refractivity contribution in [1.29, 1.82) is 5.26 Å². The highest BCUT2D eigenvalue weighted by Crippen LogP contribution is 2.55. The Kier molecular flexibility index (Phi) is 11.7. The van der Waals surface area contributed by atoms with Gasteiger partial charge in [-0.1, -0.05) is 83.9 Å². The topological polar surface area (TPSA) is 92.6 Å². The number of amides is 1. The average Bonchev–Trinajstić information content (AvgIpc) is 3.00. The van der Waals surface area contributed by atoms with Crippen LogP contribution in [0.1, 0.15) is 63.5 Å². The number of ether oxygens (including phenoxy) is 3. The van der Waals surface area contributed by atoms with E-state index in [1.807, 2.05) is 57.2 Å². The van der Waals surface area contributed by atoms with E-state index >= 15 is 4.39 Å². The van der Waals surface area contributed by atoms with Crippen LogP contribution in [0.3, 0.4) is 0 Å². The number of carbonyl (C=O) groups is 1. The van der Waals surface area contributed by atoms with Gasteiger partial charge in [0.05, 0.1) is 24.3 Å². The number of methoxy groups -OCH3 is 1. The first-order valence-corrected chi connectivity index (χ1v) is 16.0. The van der Waals surface area contributed by atoms with E-state index in [2.05, 4.69) is 16.7 Å². The Labute approximate surface area is 275 Å². The molecule has 3 atom stereocenters. The number of nitriles is 1. The Morgan fingerprint density at radius 1 is 1.04 bits per heavy atom. The van der Waals surface area contributed by atoms with Crippen molar-refractivity contribution >= 4 is 34.9 Å². The Balaban J connectivity index is 1.67. The third-order valence-corrected chi connectivity index (χ3v) is 8.96. The number of nitrogens with zero attached hydrogens (tertiary/aromatic N) is 1. The van der Waals surface area contributed by atoms with Crippen molar-refractivity contribution in [2.75, 3.05) is 26.9 Å². The van der Waals surface area contributed by atoms with Gasteiger partial charge in [0.15, 0.2) is 10.5 Å². The van der Waals surface area contributed by atoms with Crippen molar-refractivity contribution in [2.24, 2.45) is 0 Å². The Morgan fingerprint density at radius 2 is 1.64 bits per heavy atom. The van der Waals surface area contributed by atoms with Gasteiger partial charge in [-0.05, 0) is 63.7 Å². The zero-order valence-corrected chi connectivity index (χ0v) is 27.8. The number of benzene rings is 2. The van der Waals surface area contributed by atoms with Crippen LogP contribution in [0.4, 0.5) is 9.18 Å². The quantitative estimate of drug-likeness (QED) is 0.191. The van der Waals surface area contributed by atoms with Crippen LogP contribution in [0.5, 0.6) is 0 Å². The smallest absolute Gasteiger partial charge is 0.407 e. The molecule has 2 N–H and O–H groups in total. The van der Waals surface area contributed by atoms with Gasteiger partial charge in [-0.15, -0.1) is 0 Å². The highest BCUT2D eigenvalue weighted by molar-refractivity contribution is 6.38. The summed E-state index contributed by atoms with van der Waals surface area (Å²) in [4.78, 5) is 10.5. The molecule has 0 aromatic heterocycles. The Hall–Kier alpha value is -2.93. The van der Waals surface area contributed by atoms with Gasteiger partial charge in [-0.2, -0.15) is 5.26 Å². The number of alkyl halides is 1. The van der Waals surface area contributed by atoms with Crippen molar-refractivity contribution in [3.63, 3.8) is 0 Å². The van der Waals surface area contributed by atoms with E-state index in [-0.39, 0.29) is 35.9 Å². The van der Waals surface area contributed by atoms with E-state index in [1.165, 1.54) is 6.08 Å². The summed E-state index contributed by atoms with van der Waals surface area (Å²) in [6.07, 6.45) is 4.13.